The zero-order valence-corrected chi connectivity index (χ0v) is 11.7. The first-order valence-electron chi connectivity index (χ1n) is 6.39. The van der Waals surface area contributed by atoms with Crippen LogP contribution in [0.15, 0.2) is 4.52 Å². The van der Waals surface area contributed by atoms with E-state index < -0.39 is 6.04 Å². The van der Waals surface area contributed by atoms with Gasteiger partial charge in [-0.25, -0.2) is 0 Å². The van der Waals surface area contributed by atoms with E-state index in [1.807, 2.05) is 13.8 Å². The number of likely N-dealkylation sites (N-methyl/N-ethyl adjacent to an activating group) is 1. The molecule has 1 rings (SSSR count). The summed E-state index contributed by atoms with van der Waals surface area (Å²) in [6.45, 7) is 6.32. The number of carbonyl (C=O) groups is 1. The van der Waals surface area contributed by atoms with Crippen LogP contribution in [-0.2, 0) is 11.3 Å². The molecule has 0 bridgehead atoms. The van der Waals surface area contributed by atoms with Crippen molar-refractivity contribution in [3.63, 3.8) is 0 Å². The number of amides is 1. The van der Waals surface area contributed by atoms with Gasteiger partial charge < -0.3 is 15.2 Å². The standard InChI is InChI=1S/C13H23N3O2/c1-5-6-7-12(14)13(17)16(4)8-11-9(2)15-18-10(11)3/h12H,5-8,14H2,1-4H3/t12-/m0/s1. The highest BCUT2D eigenvalue weighted by Gasteiger charge is 2.20. The highest BCUT2D eigenvalue weighted by Crippen LogP contribution is 2.15. The largest absolute Gasteiger partial charge is 0.361 e. The van der Waals surface area contributed by atoms with Gasteiger partial charge in [0, 0.05) is 12.6 Å². The van der Waals surface area contributed by atoms with Crippen molar-refractivity contribution in [1.82, 2.24) is 10.1 Å². The van der Waals surface area contributed by atoms with Crippen molar-refractivity contribution in [3.8, 4) is 0 Å². The van der Waals surface area contributed by atoms with Gasteiger partial charge in [0.25, 0.3) is 0 Å². The van der Waals surface area contributed by atoms with Gasteiger partial charge in [-0.3, -0.25) is 4.79 Å². The molecule has 0 radical (unpaired) electrons. The maximum atomic E-state index is 12.0. The lowest BCUT2D eigenvalue weighted by Gasteiger charge is -2.21. The van der Waals surface area contributed by atoms with Crippen LogP contribution in [0.2, 0.25) is 0 Å². The van der Waals surface area contributed by atoms with Crippen molar-refractivity contribution < 1.29 is 9.32 Å². The smallest absolute Gasteiger partial charge is 0.239 e. The molecule has 0 spiro atoms. The lowest BCUT2D eigenvalue weighted by atomic mass is 10.1. The van der Waals surface area contributed by atoms with Crippen molar-refractivity contribution in [3.05, 3.63) is 17.0 Å². The molecular formula is C13H23N3O2. The zero-order chi connectivity index (χ0) is 13.7. The minimum Gasteiger partial charge on any atom is -0.361 e. The number of hydrogen-bond acceptors (Lipinski definition) is 4. The second-order valence-electron chi connectivity index (χ2n) is 4.75. The number of hydrogen-bond donors (Lipinski definition) is 1. The third-order valence-electron chi connectivity index (χ3n) is 3.14. The number of aromatic nitrogens is 1. The molecule has 0 aliphatic heterocycles. The molecule has 0 fully saturated rings. The number of nitrogens with zero attached hydrogens (tertiary/aromatic N) is 2. The summed E-state index contributed by atoms with van der Waals surface area (Å²) in [6, 6.07) is -0.407. The van der Waals surface area contributed by atoms with Gasteiger partial charge in [-0.05, 0) is 20.3 Å². The molecule has 5 heteroatoms. The van der Waals surface area contributed by atoms with Gasteiger partial charge in [0.15, 0.2) is 0 Å². The van der Waals surface area contributed by atoms with Gasteiger partial charge in [-0.1, -0.05) is 24.9 Å². The van der Waals surface area contributed by atoms with E-state index in [9.17, 15) is 4.79 Å². The summed E-state index contributed by atoms with van der Waals surface area (Å²) in [5, 5.41) is 3.88. The van der Waals surface area contributed by atoms with E-state index in [0.29, 0.717) is 6.54 Å². The molecule has 0 aliphatic rings. The quantitative estimate of drug-likeness (QED) is 0.838. The molecule has 5 nitrogen and oxygen atoms in total. The second-order valence-corrected chi connectivity index (χ2v) is 4.75. The van der Waals surface area contributed by atoms with Gasteiger partial charge in [0.1, 0.15) is 5.76 Å². The fraction of sp³-hybridized carbons (Fsp3) is 0.692. The SMILES string of the molecule is CCCC[C@H](N)C(=O)N(C)Cc1c(C)noc1C. The van der Waals surface area contributed by atoms with Gasteiger partial charge in [0.2, 0.25) is 5.91 Å². The Morgan fingerprint density at radius 1 is 1.50 bits per heavy atom. The molecule has 0 unspecified atom stereocenters. The molecule has 0 aromatic carbocycles. The highest BCUT2D eigenvalue weighted by atomic mass is 16.5. The van der Waals surface area contributed by atoms with Crippen molar-refractivity contribution in [2.45, 2.75) is 52.6 Å². The van der Waals surface area contributed by atoms with Gasteiger partial charge in [-0.2, -0.15) is 0 Å². The van der Waals surface area contributed by atoms with Crippen LogP contribution >= 0.6 is 0 Å². The summed E-state index contributed by atoms with van der Waals surface area (Å²) >= 11 is 0. The minimum atomic E-state index is -0.407. The normalized spacial score (nSPS) is 12.5. The molecular weight excluding hydrogens is 230 g/mol. The van der Waals surface area contributed by atoms with Crippen LogP contribution in [0.4, 0.5) is 0 Å². The monoisotopic (exact) mass is 253 g/mol. The Kier molecular flexibility index (Phi) is 5.34. The maximum absolute atomic E-state index is 12.0. The molecule has 2 N–H and O–H groups in total. The van der Waals surface area contributed by atoms with Crippen molar-refractivity contribution in [1.29, 1.82) is 0 Å². The van der Waals surface area contributed by atoms with Crippen LogP contribution in [0.5, 0.6) is 0 Å². The van der Waals surface area contributed by atoms with E-state index in [2.05, 4.69) is 12.1 Å². The summed E-state index contributed by atoms with van der Waals surface area (Å²) in [5.41, 5.74) is 7.67. The van der Waals surface area contributed by atoms with Crippen LogP contribution in [0.3, 0.4) is 0 Å². The number of carbonyl (C=O) groups excluding carboxylic acids is 1. The molecule has 1 amide bonds. The summed E-state index contributed by atoms with van der Waals surface area (Å²) in [7, 11) is 1.76. The van der Waals surface area contributed by atoms with E-state index in [0.717, 1.165) is 36.3 Å². The van der Waals surface area contributed by atoms with Gasteiger partial charge in [0.05, 0.1) is 18.3 Å². The molecule has 0 aliphatic carbocycles. The van der Waals surface area contributed by atoms with Gasteiger partial charge >= 0.3 is 0 Å². The van der Waals surface area contributed by atoms with Crippen LogP contribution in [-0.4, -0.2) is 29.1 Å². The molecule has 1 aromatic heterocycles. The molecule has 0 saturated heterocycles. The Balaban J connectivity index is 2.60. The van der Waals surface area contributed by atoms with E-state index in [1.54, 1.807) is 11.9 Å². The third kappa shape index (κ3) is 3.57. The lowest BCUT2D eigenvalue weighted by Crippen LogP contribution is -2.41. The number of aryl methyl sites for hydroxylation is 2. The second kappa shape index (κ2) is 6.54. The maximum Gasteiger partial charge on any atom is 0.239 e. The summed E-state index contributed by atoms with van der Waals surface area (Å²) in [6.07, 6.45) is 2.77. The average Bonchev–Trinajstić information content (AvgIpc) is 2.66. The van der Waals surface area contributed by atoms with E-state index in [-0.39, 0.29) is 5.91 Å². The fourth-order valence-electron chi connectivity index (χ4n) is 1.87. The van der Waals surface area contributed by atoms with Crippen molar-refractivity contribution in [2.75, 3.05) is 7.05 Å². The Bertz CT molecular complexity index is 381. The minimum absolute atomic E-state index is 0.0246. The summed E-state index contributed by atoms with van der Waals surface area (Å²) in [5.74, 6) is 0.734. The highest BCUT2D eigenvalue weighted by molar-refractivity contribution is 5.81. The molecule has 18 heavy (non-hydrogen) atoms. The van der Waals surface area contributed by atoms with E-state index in [4.69, 9.17) is 10.3 Å². The Morgan fingerprint density at radius 3 is 2.67 bits per heavy atom. The molecule has 1 aromatic rings. The molecule has 1 atom stereocenters. The van der Waals surface area contributed by atoms with E-state index >= 15 is 0 Å². The van der Waals surface area contributed by atoms with Crippen molar-refractivity contribution >= 4 is 5.91 Å². The molecule has 1 heterocycles. The first-order chi connectivity index (χ1) is 8.47. The van der Waals surface area contributed by atoms with Crippen LogP contribution in [0, 0.1) is 13.8 Å². The Morgan fingerprint density at radius 2 is 2.17 bits per heavy atom. The number of nitrogens with two attached hydrogens (primary N) is 1. The predicted molar refractivity (Wildman–Crippen MR) is 70.0 cm³/mol. The first-order valence-corrected chi connectivity index (χ1v) is 6.39. The number of rotatable bonds is 6. The van der Waals surface area contributed by atoms with E-state index in [1.165, 1.54) is 0 Å². The number of unbranched alkanes of at least 4 members (excludes halogenated alkanes) is 1. The third-order valence-corrected chi connectivity index (χ3v) is 3.14. The lowest BCUT2D eigenvalue weighted by molar-refractivity contribution is -0.132. The average molecular weight is 253 g/mol. The van der Waals surface area contributed by atoms with Crippen LogP contribution in [0.1, 0.15) is 43.2 Å². The summed E-state index contributed by atoms with van der Waals surface area (Å²) < 4.78 is 5.08. The van der Waals surface area contributed by atoms with Crippen LogP contribution < -0.4 is 5.73 Å². The molecule has 102 valence electrons. The van der Waals surface area contributed by atoms with Crippen molar-refractivity contribution in [2.24, 2.45) is 5.73 Å². The predicted octanol–water partition coefficient (Wildman–Crippen LogP) is 1.77. The Labute approximate surface area is 108 Å². The fourth-order valence-corrected chi connectivity index (χ4v) is 1.87. The topological polar surface area (TPSA) is 72.4 Å². The Hall–Kier alpha value is -1.36. The van der Waals surface area contributed by atoms with Crippen LogP contribution in [0.25, 0.3) is 0 Å². The first kappa shape index (κ1) is 14.7. The summed E-state index contributed by atoms with van der Waals surface area (Å²) in [4.78, 5) is 13.7. The van der Waals surface area contributed by atoms with Gasteiger partial charge in [-0.15, -0.1) is 0 Å². The molecule has 0 saturated carbocycles. The zero-order valence-electron chi connectivity index (χ0n) is 11.7.